The van der Waals surface area contributed by atoms with Crippen molar-refractivity contribution in [2.24, 2.45) is 5.92 Å². The van der Waals surface area contributed by atoms with Crippen molar-refractivity contribution in [3.05, 3.63) is 48.9 Å². The smallest absolute Gasteiger partial charge is 0.227 e. The molecule has 0 aliphatic carbocycles. The van der Waals surface area contributed by atoms with Gasteiger partial charge in [0.15, 0.2) is 5.65 Å². The van der Waals surface area contributed by atoms with Crippen LogP contribution < -0.4 is 15.0 Å². The van der Waals surface area contributed by atoms with Crippen LogP contribution in [0.15, 0.2) is 48.9 Å². The molecule has 1 N–H and O–H groups in total. The van der Waals surface area contributed by atoms with Gasteiger partial charge in [0.1, 0.15) is 11.3 Å². The molecule has 0 saturated carbocycles. The molecule has 0 unspecified atom stereocenters. The topological polar surface area (TPSA) is 80.2 Å². The number of ether oxygens (including phenoxy) is 1. The highest BCUT2D eigenvalue weighted by Crippen LogP contribution is 2.27. The van der Waals surface area contributed by atoms with E-state index in [9.17, 15) is 4.79 Å². The summed E-state index contributed by atoms with van der Waals surface area (Å²) in [4.78, 5) is 27.8. The zero-order valence-electron chi connectivity index (χ0n) is 15.1. The van der Waals surface area contributed by atoms with E-state index < -0.39 is 0 Å². The van der Waals surface area contributed by atoms with E-state index in [1.54, 1.807) is 19.5 Å². The summed E-state index contributed by atoms with van der Waals surface area (Å²) in [7, 11) is 1.60. The van der Waals surface area contributed by atoms with Crippen molar-refractivity contribution in [3.63, 3.8) is 0 Å². The van der Waals surface area contributed by atoms with Gasteiger partial charge in [0.2, 0.25) is 5.91 Å². The van der Waals surface area contributed by atoms with Crippen LogP contribution >= 0.6 is 0 Å². The minimum Gasteiger partial charge on any atom is -0.495 e. The quantitative estimate of drug-likeness (QED) is 0.768. The van der Waals surface area contributed by atoms with E-state index >= 15 is 0 Å². The van der Waals surface area contributed by atoms with Gasteiger partial charge in [-0.15, -0.1) is 0 Å². The van der Waals surface area contributed by atoms with E-state index in [0.717, 1.165) is 37.1 Å². The number of pyridine rings is 1. The number of aromatic nitrogens is 3. The molecule has 7 nitrogen and oxygen atoms in total. The average Bonchev–Trinajstić information content (AvgIpc) is 2.74. The van der Waals surface area contributed by atoms with E-state index in [0.29, 0.717) is 17.1 Å². The summed E-state index contributed by atoms with van der Waals surface area (Å²) in [5, 5.41) is 3.00. The van der Waals surface area contributed by atoms with Gasteiger partial charge in [-0.1, -0.05) is 12.1 Å². The Balaban J connectivity index is 1.40. The molecule has 1 amide bonds. The van der Waals surface area contributed by atoms with Gasteiger partial charge < -0.3 is 15.0 Å². The van der Waals surface area contributed by atoms with Crippen molar-refractivity contribution >= 4 is 28.4 Å². The van der Waals surface area contributed by atoms with Crippen LogP contribution in [0.4, 0.5) is 11.4 Å². The third-order valence-corrected chi connectivity index (χ3v) is 4.91. The largest absolute Gasteiger partial charge is 0.495 e. The molecule has 2 aromatic heterocycles. The summed E-state index contributed by atoms with van der Waals surface area (Å²) in [5.41, 5.74) is 3.16. The number of methoxy groups -OCH3 is 1. The predicted octanol–water partition coefficient (Wildman–Crippen LogP) is 2.89. The SMILES string of the molecule is COc1ccccc1NC(=O)C1CCN(c2cnc3nccnc3c2)CC1. The summed E-state index contributed by atoms with van der Waals surface area (Å²) >= 11 is 0. The Labute approximate surface area is 157 Å². The number of rotatable bonds is 4. The van der Waals surface area contributed by atoms with Gasteiger partial charge >= 0.3 is 0 Å². The highest BCUT2D eigenvalue weighted by atomic mass is 16.5. The first kappa shape index (κ1) is 17.2. The Morgan fingerprint density at radius 1 is 1.15 bits per heavy atom. The fourth-order valence-corrected chi connectivity index (χ4v) is 3.40. The Hall–Kier alpha value is -3.22. The molecule has 0 bridgehead atoms. The Morgan fingerprint density at radius 2 is 1.93 bits per heavy atom. The molecule has 0 radical (unpaired) electrons. The summed E-state index contributed by atoms with van der Waals surface area (Å²) in [6.07, 6.45) is 6.72. The molecule has 3 aromatic rings. The monoisotopic (exact) mass is 363 g/mol. The normalized spacial score (nSPS) is 14.9. The molecule has 1 saturated heterocycles. The number of para-hydroxylation sites is 2. The highest BCUT2D eigenvalue weighted by molar-refractivity contribution is 5.94. The maximum atomic E-state index is 12.6. The van der Waals surface area contributed by atoms with Gasteiger partial charge in [-0.2, -0.15) is 0 Å². The highest BCUT2D eigenvalue weighted by Gasteiger charge is 2.26. The first-order valence-electron chi connectivity index (χ1n) is 9.00. The molecule has 1 aromatic carbocycles. The minimum absolute atomic E-state index is 0.0145. The van der Waals surface area contributed by atoms with Crippen LogP contribution in [-0.4, -0.2) is 41.1 Å². The number of hydrogen-bond donors (Lipinski definition) is 1. The third kappa shape index (κ3) is 3.67. The van der Waals surface area contributed by atoms with Gasteiger partial charge in [0.05, 0.1) is 24.7 Å². The molecular weight excluding hydrogens is 342 g/mol. The molecule has 0 spiro atoms. The van der Waals surface area contributed by atoms with Crippen molar-refractivity contribution in [1.82, 2.24) is 15.0 Å². The number of nitrogens with zero attached hydrogens (tertiary/aromatic N) is 4. The first-order chi connectivity index (χ1) is 13.2. The second-order valence-electron chi connectivity index (χ2n) is 6.54. The summed E-state index contributed by atoms with van der Waals surface area (Å²) in [6.45, 7) is 1.61. The van der Waals surface area contributed by atoms with Crippen molar-refractivity contribution < 1.29 is 9.53 Å². The molecule has 138 valence electrons. The molecule has 27 heavy (non-hydrogen) atoms. The molecule has 0 atom stereocenters. The number of anilines is 2. The van der Waals surface area contributed by atoms with Crippen LogP contribution in [0, 0.1) is 5.92 Å². The van der Waals surface area contributed by atoms with Gasteiger partial charge in [0.25, 0.3) is 0 Å². The Kier molecular flexibility index (Phi) is 4.82. The van der Waals surface area contributed by atoms with Crippen LogP contribution in [-0.2, 0) is 4.79 Å². The third-order valence-electron chi connectivity index (χ3n) is 4.91. The maximum Gasteiger partial charge on any atom is 0.227 e. The zero-order chi connectivity index (χ0) is 18.6. The predicted molar refractivity (Wildman–Crippen MR) is 104 cm³/mol. The lowest BCUT2D eigenvalue weighted by molar-refractivity contribution is -0.120. The summed E-state index contributed by atoms with van der Waals surface area (Å²) < 4.78 is 5.30. The Bertz CT molecular complexity index is 954. The van der Waals surface area contributed by atoms with Crippen LogP contribution in [0.3, 0.4) is 0 Å². The maximum absolute atomic E-state index is 12.6. The number of carbonyl (C=O) groups is 1. The van der Waals surface area contributed by atoms with E-state index in [-0.39, 0.29) is 11.8 Å². The lowest BCUT2D eigenvalue weighted by Crippen LogP contribution is -2.38. The second kappa shape index (κ2) is 7.57. The number of piperidine rings is 1. The molecule has 3 heterocycles. The van der Waals surface area contributed by atoms with Crippen molar-refractivity contribution in [3.8, 4) is 5.75 Å². The number of amides is 1. The molecule has 1 fully saturated rings. The fraction of sp³-hybridized carbons (Fsp3) is 0.300. The number of fused-ring (bicyclic) bond motifs is 1. The standard InChI is InChI=1S/C20H21N5O2/c1-27-18-5-3-2-4-16(18)24-20(26)14-6-10-25(11-7-14)15-12-17-19(23-13-15)22-9-8-21-17/h2-5,8-9,12-14H,6-7,10-11H2,1H3,(H,24,26). The fourth-order valence-electron chi connectivity index (χ4n) is 3.40. The van der Waals surface area contributed by atoms with Crippen LogP contribution in [0.5, 0.6) is 5.75 Å². The minimum atomic E-state index is -0.0145. The van der Waals surface area contributed by atoms with Crippen molar-refractivity contribution in [1.29, 1.82) is 0 Å². The van der Waals surface area contributed by atoms with E-state index in [4.69, 9.17) is 4.74 Å². The average molecular weight is 363 g/mol. The first-order valence-corrected chi connectivity index (χ1v) is 9.00. The second-order valence-corrected chi connectivity index (χ2v) is 6.54. The molecule has 1 aliphatic rings. The van der Waals surface area contributed by atoms with E-state index in [1.165, 1.54) is 0 Å². The molecule has 4 rings (SSSR count). The number of hydrogen-bond acceptors (Lipinski definition) is 6. The van der Waals surface area contributed by atoms with E-state index in [2.05, 4.69) is 25.2 Å². The van der Waals surface area contributed by atoms with Crippen molar-refractivity contribution in [2.45, 2.75) is 12.8 Å². The molecular formula is C20H21N5O2. The number of carbonyl (C=O) groups excluding carboxylic acids is 1. The summed E-state index contributed by atoms with van der Waals surface area (Å²) in [5.74, 6) is 0.702. The van der Waals surface area contributed by atoms with Gasteiger partial charge in [-0.05, 0) is 31.0 Å². The lowest BCUT2D eigenvalue weighted by atomic mass is 9.95. The van der Waals surface area contributed by atoms with Crippen LogP contribution in [0.25, 0.3) is 11.2 Å². The van der Waals surface area contributed by atoms with Gasteiger partial charge in [0, 0.05) is 31.4 Å². The lowest BCUT2D eigenvalue weighted by Gasteiger charge is -2.32. The zero-order valence-corrected chi connectivity index (χ0v) is 15.1. The van der Waals surface area contributed by atoms with Gasteiger partial charge in [-0.3, -0.25) is 9.78 Å². The molecule has 7 heteroatoms. The van der Waals surface area contributed by atoms with Crippen LogP contribution in [0.2, 0.25) is 0 Å². The molecule has 1 aliphatic heterocycles. The number of nitrogens with one attached hydrogen (secondary N) is 1. The summed E-state index contributed by atoms with van der Waals surface area (Å²) in [6, 6.07) is 9.47. The number of benzene rings is 1. The Morgan fingerprint density at radius 3 is 2.74 bits per heavy atom. The van der Waals surface area contributed by atoms with Crippen LogP contribution in [0.1, 0.15) is 12.8 Å². The van der Waals surface area contributed by atoms with E-state index in [1.807, 2.05) is 36.5 Å². The van der Waals surface area contributed by atoms with Gasteiger partial charge in [-0.25, -0.2) is 9.97 Å². The van der Waals surface area contributed by atoms with Crippen molar-refractivity contribution in [2.75, 3.05) is 30.4 Å².